The van der Waals surface area contributed by atoms with Crippen LogP contribution in [0.5, 0.6) is 5.75 Å². The van der Waals surface area contributed by atoms with Gasteiger partial charge in [-0.15, -0.1) is 0 Å². The molecular weight excluding hydrogens is 348 g/mol. The number of furan rings is 1. The number of phenols is 1. The topological polar surface area (TPSA) is 89.9 Å². The monoisotopic (exact) mass is 364 g/mol. The van der Waals surface area contributed by atoms with Crippen molar-refractivity contribution in [1.29, 1.82) is 0 Å². The van der Waals surface area contributed by atoms with E-state index < -0.39 is 11.6 Å². The van der Waals surface area contributed by atoms with Gasteiger partial charge in [-0.3, -0.25) is 0 Å². The third kappa shape index (κ3) is 3.17. The molecule has 0 aliphatic carbocycles. The average Bonchev–Trinajstić information content (AvgIpc) is 3.09. The van der Waals surface area contributed by atoms with Crippen LogP contribution in [0.3, 0.4) is 0 Å². The van der Waals surface area contributed by atoms with Crippen molar-refractivity contribution < 1.29 is 23.5 Å². The summed E-state index contributed by atoms with van der Waals surface area (Å²) in [5.74, 6) is -0.470. The summed E-state index contributed by atoms with van der Waals surface area (Å²) in [4.78, 5) is 24.1. The van der Waals surface area contributed by atoms with Crippen LogP contribution in [0.4, 0.5) is 0 Å². The van der Waals surface area contributed by atoms with Crippen LogP contribution in [-0.4, -0.2) is 11.1 Å². The van der Waals surface area contributed by atoms with Crippen molar-refractivity contribution in [2.24, 2.45) is 0 Å². The first-order chi connectivity index (χ1) is 13.0. The Morgan fingerprint density at radius 3 is 2.63 bits per heavy atom. The predicted octanol–water partition coefficient (Wildman–Crippen LogP) is 4.16. The second-order valence-electron chi connectivity index (χ2n) is 6.15. The molecule has 136 valence electrons. The fourth-order valence-electron chi connectivity index (χ4n) is 3.01. The maximum Gasteiger partial charge on any atom is 0.374 e. The van der Waals surface area contributed by atoms with Crippen molar-refractivity contribution in [2.75, 3.05) is 0 Å². The number of phenolic OH excluding ortho intramolecular Hbond substituents is 1. The summed E-state index contributed by atoms with van der Waals surface area (Å²) in [6, 6.07) is 13.3. The Morgan fingerprint density at radius 2 is 1.85 bits per heavy atom. The quantitative estimate of drug-likeness (QED) is 0.432. The zero-order valence-corrected chi connectivity index (χ0v) is 14.5. The lowest BCUT2D eigenvalue weighted by Gasteiger charge is -2.09. The summed E-state index contributed by atoms with van der Waals surface area (Å²) < 4.78 is 16.0. The van der Waals surface area contributed by atoms with E-state index in [0.717, 1.165) is 5.39 Å². The Hall–Kier alpha value is -3.54. The zero-order valence-electron chi connectivity index (χ0n) is 14.5. The molecule has 0 aliphatic heterocycles. The highest BCUT2D eigenvalue weighted by Crippen LogP contribution is 2.27. The molecular formula is C21H16O6. The molecule has 0 saturated carbocycles. The van der Waals surface area contributed by atoms with Crippen molar-refractivity contribution >= 4 is 27.9 Å². The first kappa shape index (κ1) is 16.9. The standard InChI is InChI=1S/C21H16O6/c1-2-12-7-15-14(9-20(23)27-18(15)10-16(12)22)11-25-21(24)19-8-13-5-3-4-6-17(13)26-19/h3-10,22H,2,11H2,1H3. The van der Waals surface area contributed by atoms with Crippen molar-refractivity contribution in [3.63, 3.8) is 0 Å². The minimum absolute atomic E-state index is 0.0598. The third-order valence-electron chi connectivity index (χ3n) is 4.40. The zero-order chi connectivity index (χ0) is 19.0. The normalized spacial score (nSPS) is 11.1. The second kappa shape index (κ2) is 6.64. The molecule has 0 radical (unpaired) electrons. The molecule has 4 aromatic rings. The van der Waals surface area contributed by atoms with Crippen LogP contribution in [0.2, 0.25) is 0 Å². The van der Waals surface area contributed by atoms with Crippen LogP contribution < -0.4 is 5.63 Å². The Kier molecular flexibility index (Phi) is 4.16. The number of aryl methyl sites for hydroxylation is 1. The third-order valence-corrected chi connectivity index (χ3v) is 4.40. The smallest absolute Gasteiger partial charge is 0.374 e. The Labute approximate surface area is 153 Å². The number of aromatic hydroxyl groups is 1. The van der Waals surface area contributed by atoms with Gasteiger partial charge in [-0.25, -0.2) is 9.59 Å². The van der Waals surface area contributed by atoms with Gasteiger partial charge >= 0.3 is 11.6 Å². The lowest BCUT2D eigenvalue weighted by molar-refractivity contribution is 0.0440. The summed E-state index contributed by atoms with van der Waals surface area (Å²) in [6.07, 6.45) is 0.610. The Bertz CT molecular complexity index is 1180. The van der Waals surface area contributed by atoms with Gasteiger partial charge in [0.05, 0.1) is 0 Å². The summed E-state index contributed by atoms with van der Waals surface area (Å²) in [6.45, 7) is 1.78. The predicted molar refractivity (Wildman–Crippen MR) is 98.9 cm³/mol. The van der Waals surface area contributed by atoms with Gasteiger partial charge in [-0.1, -0.05) is 25.1 Å². The number of carbonyl (C=O) groups excluding carboxylic acids is 1. The van der Waals surface area contributed by atoms with E-state index in [1.54, 1.807) is 18.2 Å². The van der Waals surface area contributed by atoms with Crippen LogP contribution in [0.1, 0.15) is 28.6 Å². The number of carbonyl (C=O) groups is 1. The van der Waals surface area contributed by atoms with Crippen LogP contribution >= 0.6 is 0 Å². The van der Waals surface area contributed by atoms with E-state index in [-0.39, 0.29) is 23.7 Å². The summed E-state index contributed by atoms with van der Waals surface area (Å²) in [5.41, 5.74) is 1.47. The highest BCUT2D eigenvalue weighted by Gasteiger charge is 2.16. The number of hydrogen-bond donors (Lipinski definition) is 1. The minimum Gasteiger partial charge on any atom is -0.508 e. The largest absolute Gasteiger partial charge is 0.508 e. The minimum atomic E-state index is -0.623. The average molecular weight is 364 g/mol. The van der Waals surface area contributed by atoms with Gasteiger partial charge in [0.2, 0.25) is 5.76 Å². The number of rotatable bonds is 4. The van der Waals surface area contributed by atoms with Crippen molar-refractivity contribution in [3.8, 4) is 5.75 Å². The lowest BCUT2D eigenvalue weighted by atomic mass is 10.0. The summed E-state index contributed by atoms with van der Waals surface area (Å²) >= 11 is 0. The molecule has 0 fully saturated rings. The van der Waals surface area contributed by atoms with E-state index in [1.165, 1.54) is 12.1 Å². The molecule has 0 amide bonds. The second-order valence-corrected chi connectivity index (χ2v) is 6.15. The first-order valence-corrected chi connectivity index (χ1v) is 8.49. The maximum atomic E-state index is 12.3. The number of esters is 1. The van der Waals surface area contributed by atoms with Gasteiger partial charge in [-0.05, 0) is 30.2 Å². The van der Waals surface area contributed by atoms with Crippen molar-refractivity contribution in [2.45, 2.75) is 20.0 Å². The highest BCUT2D eigenvalue weighted by atomic mass is 16.5. The molecule has 6 heteroatoms. The molecule has 27 heavy (non-hydrogen) atoms. The van der Waals surface area contributed by atoms with Crippen LogP contribution in [0.25, 0.3) is 21.9 Å². The molecule has 6 nitrogen and oxygen atoms in total. The lowest BCUT2D eigenvalue weighted by Crippen LogP contribution is -2.07. The van der Waals surface area contributed by atoms with Gasteiger partial charge < -0.3 is 18.7 Å². The van der Waals surface area contributed by atoms with E-state index in [1.807, 2.05) is 25.1 Å². The van der Waals surface area contributed by atoms with Crippen LogP contribution in [-0.2, 0) is 17.8 Å². The Morgan fingerprint density at radius 1 is 1.04 bits per heavy atom. The van der Waals surface area contributed by atoms with E-state index in [9.17, 15) is 14.7 Å². The van der Waals surface area contributed by atoms with Crippen molar-refractivity contribution in [1.82, 2.24) is 0 Å². The Balaban J connectivity index is 1.64. The maximum absolute atomic E-state index is 12.3. The van der Waals surface area contributed by atoms with Gasteiger partial charge in [-0.2, -0.15) is 0 Å². The molecule has 0 saturated heterocycles. The van der Waals surface area contributed by atoms with Gasteiger partial charge in [0.25, 0.3) is 0 Å². The molecule has 0 aliphatic rings. The molecule has 4 rings (SSSR count). The molecule has 2 aromatic carbocycles. The van der Waals surface area contributed by atoms with Gasteiger partial charge in [0, 0.05) is 28.5 Å². The number of benzene rings is 2. The van der Waals surface area contributed by atoms with E-state index >= 15 is 0 Å². The van der Waals surface area contributed by atoms with Crippen LogP contribution in [0, 0.1) is 0 Å². The number of para-hydroxylation sites is 1. The summed E-state index contributed by atoms with van der Waals surface area (Å²) in [7, 11) is 0. The van der Waals surface area contributed by atoms with E-state index in [4.69, 9.17) is 13.6 Å². The van der Waals surface area contributed by atoms with E-state index in [2.05, 4.69) is 0 Å². The molecule has 0 spiro atoms. The summed E-state index contributed by atoms with van der Waals surface area (Å²) in [5, 5.41) is 11.4. The molecule has 2 heterocycles. The SMILES string of the molecule is CCc1cc2c(COC(=O)c3cc4ccccc4o3)cc(=O)oc2cc1O. The fourth-order valence-corrected chi connectivity index (χ4v) is 3.01. The molecule has 0 atom stereocenters. The number of hydrogen-bond acceptors (Lipinski definition) is 6. The van der Waals surface area contributed by atoms with Crippen molar-refractivity contribution in [3.05, 3.63) is 75.8 Å². The van der Waals surface area contributed by atoms with Gasteiger partial charge in [0.15, 0.2) is 0 Å². The number of ether oxygens (including phenoxy) is 1. The first-order valence-electron chi connectivity index (χ1n) is 8.49. The molecule has 2 aromatic heterocycles. The van der Waals surface area contributed by atoms with Crippen LogP contribution in [0.15, 0.2) is 62.2 Å². The highest BCUT2D eigenvalue weighted by molar-refractivity contribution is 5.92. The number of fused-ring (bicyclic) bond motifs is 2. The van der Waals surface area contributed by atoms with E-state index in [0.29, 0.717) is 28.5 Å². The van der Waals surface area contributed by atoms with Gasteiger partial charge in [0.1, 0.15) is 23.5 Å². The fraction of sp³-hybridized carbons (Fsp3) is 0.143. The molecule has 1 N–H and O–H groups in total. The molecule has 0 bridgehead atoms. The molecule has 0 unspecified atom stereocenters.